The van der Waals surface area contributed by atoms with Crippen LogP contribution in [0.5, 0.6) is 0 Å². The van der Waals surface area contributed by atoms with Gasteiger partial charge in [0.05, 0.1) is 5.75 Å². The van der Waals surface area contributed by atoms with E-state index in [-0.39, 0.29) is 23.3 Å². The van der Waals surface area contributed by atoms with Gasteiger partial charge in [-0.15, -0.1) is 0 Å². The normalized spacial score (nSPS) is 15.3. The zero-order valence-corrected chi connectivity index (χ0v) is 16.8. The van der Waals surface area contributed by atoms with E-state index in [0.29, 0.717) is 6.54 Å². The lowest BCUT2D eigenvalue weighted by Gasteiger charge is -2.27. The Morgan fingerprint density at radius 2 is 1.96 bits per heavy atom. The van der Waals surface area contributed by atoms with Gasteiger partial charge < -0.3 is 0 Å². The number of fused-ring (bicyclic) bond motifs is 1. The molecule has 3 heterocycles. The van der Waals surface area contributed by atoms with Gasteiger partial charge in [-0.2, -0.15) is 0 Å². The van der Waals surface area contributed by atoms with Crippen LogP contribution in [0.4, 0.5) is 5.82 Å². The smallest absolute Gasteiger partial charge is 0.225 e. The summed E-state index contributed by atoms with van der Waals surface area (Å²) in [6, 6.07) is 4.05. The topological polar surface area (TPSA) is 80.2 Å². The molecule has 0 aliphatic carbocycles. The van der Waals surface area contributed by atoms with Crippen molar-refractivity contribution in [2.75, 3.05) is 23.0 Å². The first-order valence-corrected chi connectivity index (χ1v) is 11.1. The molecule has 1 amide bonds. The molecule has 1 atom stereocenters. The molecule has 3 rings (SSSR count). The molecule has 0 saturated carbocycles. The first kappa shape index (κ1) is 19.5. The van der Waals surface area contributed by atoms with Gasteiger partial charge in [-0.05, 0) is 42.0 Å². The zero-order chi connectivity index (χ0) is 19.6. The standard InChI is InChI=1S/C20H25N3O3S/c1-4-27(25,26)13-14(2)17-9-18(11-21-10-17)19-8-16-6-5-7-23(15(3)24)20(16)22-12-19/h8-12,14H,4-7,13H2,1-3H3/t14-/m0/s1. The van der Waals surface area contributed by atoms with Crippen LogP contribution in [-0.4, -0.2) is 42.3 Å². The van der Waals surface area contributed by atoms with Gasteiger partial charge in [-0.1, -0.05) is 13.8 Å². The number of carbonyl (C=O) groups excluding carboxylic acids is 1. The monoisotopic (exact) mass is 387 g/mol. The number of nitrogens with zero attached hydrogens (tertiary/aromatic N) is 3. The fraction of sp³-hybridized carbons (Fsp3) is 0.450. The van der Waals surface area contributed by atoms with Crippen LogP contribution >= 0.6 is 0 Å². The van der Waals surface area contributed by atoms with Crippen LogP contribution in [0, 0.1) is 0 Å². The highest BCUT2D eigenvalue weighted by Crippen LogP contribution is 2.30. The third-order valence-corrected chi connectivity index (χ3v) is 6.90. The van der Waals surface area contributed by atoms with Gasteiger partial charge in [-0.25, -0.2) is 13.4 Å². The molecular weight excluding hydrogens is 362 g/mol. The van der Waals surface area contributed by atoms with Crippen LogP contribution in [0.15, 0.2) is 30.7 Å². The first-order valence-electron chi connectivity index (χ1n) is 9.23. The summed E-state index contributed by atoms with van der Waals surface area (Å²) in [6.07, 6.45) is 7.05. The summed E-state index contributed by atoms with van der Waals surface area (Å²) in [7, 11) is -3.05. The third-order valence-electron chi connectivity index (χ3n) is 5.01. The van der Waals surface area contributed by atoms with Gasteiger partial charge in [-0.3, -0.25) is 14.7 Å². The van der Waals surface area contributed by atoms with Crippen molar-refractivity contribution in [1.29, 1.82) is 0 Å². The summed E-state index contributed by atoms with van der Waals surface area (Å²) >= 11 is 0. The van der Waals surface area contributed by atoms with Gasteiger partial charge in [0, 0.05) is 48.9 Å². The molecule has 0 unspecified atom stereocenters. The number of hydrogen-bond acceptors (Lipinski definition) is 5. The molecule has 0 spiro atoms. The largest absolute Gasteiger partial charge is 0.297 e. The Hall–Kier alpha value is -2.28. The summed E-state index contributed by atoms with van der Waals surface area (Å²) in [5.74, 6) is 0.882. The Bertz CT molecular complexity index is 957. The minimum Gasteiger partial charge on any atom is -0.297 e. The van der Waals surface area contributed by atoms with Gasteiger partial charge in [0.25, 0.3) is 0 Å². The van der Waals surface area contributed by atoms with Crippen LogP contribution < -0.4 is 4.90 Å². The highest BCUT2D eigenvalue weighted by Gasteiger charge is 2.22. The molecule has 0 fully saturated rings. The molecule has 144 valence electrons. The maximum absolute atomic E-state index is 11.9. The van der Waals surface area contributed by atoms with E-state index in [1.807, 2.05) is 13.0 Å². The summed E-state index contributed by atoms with van der Waals surface area (Å²) in [5.41, 5.74) is 3.79. The number of amides is 1. The Labute approximate surface area is 160 Å². The highest BCUT2D eigenvalue weighted by atomic mass is 32.2. The van der Waals surface area contributed by atoms with E-state index in [0.717, 1.165) is 40.9 Å². The predicted octanol–water partition coefficient (Wildman–Crippen LogP) is 2.98. The number of carbonyl (C=O) groups is 1. The summed E-state index contributed by atoms with van der Waals surface area (Å²) in [6.45, 7) is 5.84. The molecule has 2 aromatic rings. The molecule has 1 aliphatic heterocycles. The van der Waals surface area contributed by atoms with Crippen LogP contribution in [0.1, 0.15) is 44.2 Å². The second-order valence-corrected chi connectivity index (χ2v) is 9.49. The zero-order valence-electron chi connectivity index (χ0n) is 16.0. The van der Waals surface area contributed by atoms with Crippen LogP contribution in [-0.2, 0) is 21.1 Å². The summed E-state index contributed by atoms with van der Waals surface area (Å²) in [4.78, 5) is 22.4. The average Bonchev–Trinajstić information content (AvgIpc) is 2.66. The van der Waals surface area contributed by atoms with Crippen LogP contribution in [0.25, 0.3) is 11.1 Å². The molecule has 2 aromatic heterocycles. The number of aryl methyl sites for hydroxylation is 1. The minimum absolute atomic E-state index is 0.00539. The maximum Gasteiger partial charge on any atom is 0.225 e. The lowest BCUT2D eigenvalue weighted by molar-refractivity contribution is -0.116. The predicted molar refractivity (Wildman–Crippen MR) is 107 cm³/mol. The molecule has 0 aromatic carbocycles. The second kappa shape index (κ2) is 7.76. The van der Waals surface area contributed by atoms with Crippen LogP contribution in [0.3, 0.4) is 0 Å². The van der Waals surface area contributed by atoms with Gasteiger partial charge >= 0.3 is 0 Å². The second-order valence-electron chi connectivity index (χ2n) is 7.09. The van der Waals surface area contributed by atoms with E-state index >= 15 is 0 Å². The van der Waals surface area contributed by atoms with E-state index in [9.17, 15) is 13.2 Å². The molecule has 0 N–H and O–H groups in total. The SMILES string of the molecule is CCS(=O)(=O)C[C@H](C)c1cncc(-c2cnc3c(c2)CCCN3C(C)=O)c1. The number of aromatic nitrogens is 2. The van der Waals surface area contributed by atoms with E-state index in [2.05, 4.69) is 16.0 Å². The van der Waals surface area contributed by atoms with E-state index in [1.54, 1.807) is 37.3 Å². The van der Waals surface area contributed by atoms with Crippen LogP contribution in [0.2, 0.25) is 0 Å². The molecule has 1 aliphatic rings. The van der Waals surface area contributed by atoms with Crippen molar-refractivity contribution in [3.8, 4) is 11.1 Å². The molecular formula is C20H25N3O3S. The number of sulfone groups is 1. The molecule has 0 saturated heterocycles. The van der Waals surface area contributed by atoms with Crippen molar-refractivity contribution in [3.63, 3.8) is 0 Å². The Balaban J connectivity index is 1.91. The van der Waals surface area contributed by atoms with Crippen molar-refractivity contribution in [3.05, 3.63) is 41.9 Å². The molecule has 0 bridgehead atoms. The van der Waals surface area contributed by atoms with Crippen molar-refractivity contribution in [1.82, 2.24) is 9.97 Å². The summed E-state index contributed by atoms with van der Waals surface area (Å²) < 4.78 is 23.8. The Morgan fingerprint density at radius 3 is 2.67 bits per heavy atom. The quantitative estimate of drug-likeness (QED) is 0.788. The summed E-state index contributed by atoms with van der Waals surface area (Å²) in [5, 5.41) is 0. The minimum atomic E-state index is -3.05. The molecule has 7 heteroatoms. The van der Waals surface area contributed by atoms with Crippen molar-refractivity contribution in [2.45, 2.75) is 39.5 Å². The lowest BCUT2D eigenvalue weighted by Crippen LogP contribution is -2.34. The first-order chi connectivity index (χ1) is 12.8. The third kappa shape index (κ3) is 4.35. The number of anilines is 1. The van der Waals surface area contributed by atoms with Crippen molar-refractivity contribution >= 4 is 21.6 Å². The fourth-order valence-electron chi connectivity index (χ4n) is 3.41. The number of hydrogen-bond donors (Lipinski definition) is 0. The van der Waals surface area contributed by atoms with Gasteiger partial charge in [0.15, 0.2) is 9.84 Å². The van der Waals surface area contributed by atoms with E-state index in [4.69, 9.17) is 0 Å². The Morgan fingerprint density at radius 1 is 1.22 bits per heavy atom. The molecule has 0 radical (unpaired) electrons. The fourth-order valence-corrected chi connectivity index (χ4v) is 4.60. The average molecular weight is 388 g/mol. The maximum atomic E-state index is 11.9. The van der Waals surface area contributed by atoms with Gasteiger partial charge in [0.2, 0.25) is 5.91 Å². The van der Waals surface area contributed by atoms with E-state index < -0.39 is 9.84 Å². The van der Waals surface area contributed by atoms with E-state index in [1.165, 1.54) is 0 Å². The highest BCUT2D eigenvalue weighted by molar-refractivity contribution is 7.91. The molecule has 6 nitrogen and oxygen atoms in total. The van der Waals surface area contributed by atoms with Gasteiger partial charge in [0.1, 0.15) is 5.82 Å². The van der Waals surface area contributed by atoms with Crippen molar-refractivity contribution < 1.29 is 13.2 Å². The number of pyridine rings is 2. The van der Waals surface area contributed by atoms with Crippen molar-refractivity contribution in [2.24, 2.45) is 0 Å². The number of rotatable bonds is 5. The Kier molecular flexibility index (Phi) is 5.60. The lowest BCUT2D eigenvalue weighted by atomic mass is 9.98. The molecule has 27 heavy (non-hydrogen) atoms.